The maximum absolute atomic E-state index is 12.9. The summed E-state index contributed by atoms with van der Waals surface area (Å²) in [6.45, 7) is -1.08. The monoisotopic (exact) mass is 313 g/mol. The number of para-hydroxylation sites is 1. The lowest BCUT2D eigenvalue weighted by Gasteiger charge is -2.12. The lowest BCUT2D eigenvalue weighted by Crippen LogP contribution is -2.19. The zero-order chi connectivity index (χ0) is 15.0. The quantitative estimate of drug-likeness (QED) is 0.686. The average molecular weight is 314 g/mol. The molecule has 0 radical (unpaired) electrons. The molecule has 3 aromatic rings. The number of rotatable bonds is 3. The van der Waals surface area contributed by atoms with Crippen molar-refractivity contribution < 1.29 is 13.2 Å². The number of benzene rings is 1. The summed E-state index contributed by atoms with van der Waals surface area (Å²) < 4.78 is 39.8. The van der Waals surface area contributed by atoms with Gasteiger partial charge in [-0.2, -0.15) is 13.2 Å². The molecular weight excluding hydrogens is 303 g/mol. The standard InChI is InChI=1S/C14H11ClF3N3/c15-6-5-12-20-11-7-19-10-4-2-1-3-9(10)13(11)21(12)8-14(16,17)18/h1-4,7H,5-6,8H2. The van der Waals surface area contributed by atoms with Gasteiger partial charge in [-0.3, -0.25) is 4.98 Å². The van der Waals surface area contributed by atoms with Crippen molar-refractivity contribution in [2.45, 2.75) is 19.1 Å². The third-order valence-electron chi connectivity index (χ3n) is 3.21. The van der Waals surface area contributed by atoms with Crippen LogP contribution in [0.15, 0.2) is 30.5 Å². The SMILES string of the molecule is FC(F)(F)Cn1c(CCCl)nc2cnc3ccccc3c21. The number of imidazole rings is 1. The summed E-state index contributed by atoms with van der Waals surface area (Å²) in [5, 5.41) is 0.660. The van der Waals surface area contributed by atoms with Crippen LogP contribution in [0.5, 0.6) is 0 Å². The van der Waals surface area contributed by atoms with Gasteiger partial charge in [0.05, 0.1) is 17.2 Å². The van der Waals surface area contributed by atoms with Crippen LogP contribution in [-0.4, -0.2) is 26.6 Å². The third-order valence-corrected chi connectivity index (χ3v) is 3.40. The Hall–Kier alpha value is -1.82. The zero-order valence-electron chi connectivity index (χ0n) is 10.9. The lowest BCUT2D eigenvalue weighted by molar-refractivity contribution is -0.140. The zero-order valence-corrected chi connectivity index (χ0v) is 11.6. The molecule has 0 fully saturated rings. The van der Waals surface area contributed by atoms with E-state index in [2.05, 4.69) is 9.97 Å². The minimum Gasteiger partial charge on any atom is -0.318 e. The number of alkyl halides is 4. The third kappa shape index (κ3) is 2.68. The van der Waals surface area contributed by atoms with Crippen LogP contribution in [-0.2, 0) is 13.0 Å². The van der Waals surface area contributed by atoms with E-state index in [-0.39, 0.29) is 12.3 Å². The summed E-state index contributed by atoms with van der Waals surface area (Å²) in [5.74, 6) is 0.544. The van der Waals surface area contributed by atoms with Gasteiger partial charge in [0.1, 0.15) is 17.9 Å². The molecule has 0 amide bonds. The number of fused-ring (bicyclic) bond motifs is 3. The molecule has 0 saturated heterocycles. The summed E-state index contributed by atoms with van der Waals surface area (Å²) in [6, 6.07) is 7.09. The smallest absolute Gasteiger partial charge is 0.318 e. The van der Waals surface area contributed by atoms with E-state index in [9.17, 15) is 13.2 Å². The fourth-order valence-corrected chi connectivity index (χ4v) is 2.60. The summed E-state index contributed by atoms with van der Waals surface area (Å²) in [7, 11) is 0. The van der Waals surface area contributed by atoms with Crippen LogP contribution in [0.4, 0.5) is 13.2 Å². The molecular formula is C14H11ClF3N3. The van der Waals surface area contributed by atoms with E-state index >= 15 is 0 Å². The Morgan fingerprint density at radius 1 is 1.14 bits per heavy atom. The summed E-state index contributed by atoms with van der Waals surface area (Å²) in [5.41, 5.74) is 1.56. The molecule has 0 aliphatic carbocycles. The summed E-state index contributed by atoms with van der Waals surface area (Å²) >= 11 is 5.67. The molecule has 0 aliphatic heterocycles. The minimum atomic E-state index is -4.32. The predicted molar refractivity (Wildman–Crippen MR) is 75.5 cm³/mol. The van der Waals surface area contributed by atoms with Crippen molar-refractivity contribution in [3.63, 3.8) is 0 Å². The van der Waals surface area contributed by atoms with Crippen molar-refractivity contribution in [1.29, 1.82) is 0 Å². The van der Waals surface area contributed by atoms with Crippen molar-refractivity contribution >= 4 is 33.5 Å². The van der Waals surface area contributed by atoms with E-state index in [1.54, 1.807) is 24.3 Å². The Bertz CT molecular complexity index is 795. The number of pyridine rings is 1. The van der Waals surface area contributed by atoms with Crippen molar-refractivity contribution in [1.82, 2.24) is 14.5 Å². The van der Waals surface area contributed by atoms with Crippen LogP contribution in [0, 0.1) is 0 Å². The van der Waals surface area contributed by atoms with Gasteiger partial charge in [-0.1, -0.05) is 18.2 Å². The average Bonchev–Trinajstić information content (AvgIpc) is 2.76. The van der Waals surface area contributed by atoms with Gasteiger partial charge >= 0.3 is 6.18 Å². The van der Waals surface area contributed by atoms with Gasteiger partial charge in [0.2, 0.25) is 0 Å². The van der Waals surface area contributed by atoms with Crippen LogP contribution in [0.3, 0.4) is 0 Å². The molecule has 0 saturated carbocycles. The maximum atomic E-state index is 12.9. The molecule has 3 rings (SSSR count). The second-order valence-electron chi connectivity index (χ2n) is 4.68. The van der Waals surface area contributed by atoms with Gasteiger partial charge < -0.3 is 4.57 Å². The topological polar surface area (TPSA) is 30.7 Å². The lowest BCUT2D eigenvalue weighted by atomic mass is 10.2. The fourth-order valence-electron chi connectivity index (χ4n) is 2.44. The molecule has 2 heterocycles. The van der Waals surface area contributed by atoms with Crippen molar-refractivity contribution in [3.8, 4) is 0 Å². The molecule has 21 heavy (non-hydrogen) atoms. The van der Waals surface area contributed by atoms with E-state index in [0.717, 1.165) is 0 Å². The molecule has 0 spiro atoms. The van der Waals surface area contributed by atoms with Crippen molar-refractivity contribution in [3.05, 3.63) is 36.3 Å². The van der Waals surface area contributed by atoms with Gasteiger partial charge in [0.25, 0.3) is 0 Å². The van der Waals surface area contributed by atoms with Gasteiger partial charge in [-0.25, -0.2) is 4.98 Å². The molecule has 0 atom stereocenters. The first kappa shape index (κ1) is 14.1. The largest absolute Gasteiger partial charge is 0.406 e. The van der Waals surface area contributed by atoms with Crippen LogP contribution >= 0.6 is 11.6 Å². The van der Waals surface area contributed by atoms with E-state index in [4.69, 9.17) is 11.6 Å². The van der Waals surface area contributed by atoms with E-state index in [1.807, 2.05) is 0 Å². The molecule has 0 aliphatic rings. The minimum absolute atomic E-state index is 0.215. The predicted octanol–water partition coefficient (Wildman–Crippen LogP) is 3.93. The van der Waals surface area contributed by atoms with Crippen LogP contribution in [0.25, 0.3) is 21.9 Å². The number of nitrogens with zero attached hydrogens (tertiary/aromatic N) is 3. The molecule has 2 aromatic heterocycles. The highest BCUT2D eigenvalue weighted by molar-refractivity contribution is 6.18. The van der Waals surface area contributed by atoms with E-state index in [0.29, 0.717) is 27.8 Å². The number of aryl methyl sites for hydroxylation is 1. The van der Waals surface area contributed by atoms with E-state index in [1.165, 1.54) is 10.8 Å². The van der Waals surface area contributed by atoms with Gasteiger partial charge in [0, 0.05) is 17.7 Å². The molecule has 1 aromatic carbocycles. The Balaban J connectivity index is 2.33. The van der Waals surface area contributed by atoms with Gasteiger partial charge in [-0.15, -0.1) is 11.6 Å². The maximum Gasteiger partial charge on any atom is 0.406 e. The molecule has 0 unspecified atom stereocenters. The first-order chi connectivity index (χ1) is 9.99. The first-order valence-electron chi connectivity index (χ1n) is 6.35. The van der Waals surface area contributed by atoms with Gasteiger partial charge in [0.15, 0.2) is 0 Å². The highest BCUT2D eigenvalue weighted by Gasteiger charge is 2.30. The first-order valence-corrected chi connectivity index (χ1v) is 6.88. The highest BCUT2D eigenvalue weighted by Crippen LogP contribution is 2.28. The molecule has 7 heteroatoms. The van der Waals surface area contributed by atoms with E-state index < -0.39 is 12.7 Å². The number of halogens is 4. The van der Waals surface area contributed by atoms with Crippen LogP contribution < -0.4 is 0 Å². The highest BCUT2D eigenvalue weighted by atomic mass is 35.5. The number of hydrogen-bond donors (Lipinski definition) is 0. The summed E-state index contributed by atoms with van der Waals surface area (Å²) in [6.07, 6.45) is -2.54. The Labute approximate surface area is 123 Å². The second-order valence-corrected chi connectivity index (χ2v) is 5.06. The fraction of sp³-hybridized carbons (Fsp3) is 0.286. The Kier molecular flexibility index (Phi) is 3.49. The van der Waals surface area contributed by atoms with Crippen LogP contribution in [0.1, 0.15) is 5.82 Å². The normalized spacial score (nSPS) is 12.4. The Morgan fingerprint density at radius 3 is 2.62 bits per heavy atom. The molecule has 0 N–H and O–H groups in total. The van der Waals surface area contributed by atoms with Crippen LogP contribution in [0.2, 0.25) is 0 Å². The Morgan fingerprint density at radius 2 is 1.90 bits per heavy atom. The number of hydrogen-bond acceptors (Lipinski definition) is 2. The van der Waals surface area contributed by atoms with Crippen molar-refractivity contribution in [2.24, 2.45) is 0 Å². The molecule has 3 nitrogen and oxygen atoms in total. The van der Waals surface area contributed by atoms with Crippen molar-refractivity contribution in [2.75, 3.05) is 5.88 Å². The van der Waals surface area contributed by atoms with Gasteiger partial charge in [-0.05, 0) is 6.07 Å². The molecule has 110 valence electrons. The number of aromatic nitrogens is 3. The molecule has 0 bridgehead atoms. The second kappa shape index (κ2) is 5.18. The summed E-state index contributed by atoms with van der Waals surface area (Å²) in [4.78, 5) is 8.48.